The normalized spacial score (nSPS) is 10.1. The van der Waals surface area contributed by atoms with E-state index in [1.165, 1.54) is 0 Å². The summed E-state index contributed by atoms with van der Waals surface area (Å²) in [4.78, 5) is 3.97. The van der Waals surface area contributed by atoms with Gasteiger partial charge in [0.25, 0.3) is 0 Å². The topological polar surface area (TPSA) is 45.9 Å². The van der Waals surface area contributed by atoms with Gasteiger partial charge in [-0.05, 0) is 34.9 Å². The van der Waals surface area contributed by atoms with Crippen LogP contribution in [-0.4, -0.2) is 4.98 Å². The van der Waals surface area contributed by atoms with Gasteiger partial charge >= 0.3 is 0 Å². The highest BCUT2D eigenvalue weighted by atomic mass is 35.5. The lowest BCUT2D eigenvalue weighted by molar-refractivity contribution is 0.305. The number of benzene rings is 2. The molecule has 3 nitrogen and oxygen atoms in total. The minimum absolute atomic E-state index is 0.354. The van der Waals surface area contributed by atoms with Gasteiger partial charge in [0.1, 0.15) is 6.61 Å². The number of aromatic nitrogens is 1. The number of nitrogens with zero attached hydrogens (tertiary/aromatic N) is 2. The fourth-order valence-electron chi connectivity index (χ4n) is 2.25. The SMILES string of the molecule is N#Cc1ccccc1-c1ccc(COc2cccnc2Cl)cc1. The van der Waals surface area contributed by atoms with E-state index in [2.05, 4.69) is 11.1 Å². The average molecular weight is 321 g/mol. The van der Waals surface area contributed by atoms with E-state index in [-0.39, 0.29) is 0 Å². The zero-order valence-corrected chi connectivity index (χ0v) is 13.0. The van der Waals surface area contributed by atoms with E-state index in [1.807, 2.05) is 48.5 Å². The molecular weight excluding hydrogens is 308 g/mol. The number of nitriles is 1. The molecule has 0 unspecified atom stereocenters. The van der Waals surface area contributed by atoms with Gasteiger partial charge in [-0.3, -0.25) is 0 Å². The molecule has 0 aliphatic carbocycles. The first kappa shape index (κ1) is 15.1. The standard InChI is InChI=1S/C19H13ClN2O/c20-19-18(6-3-11-22-19)23-13-14-7-9-15(10-8-14)17-5-2-1-4-16(17)12-21/h1-11H,13H2. The summed E-state index contributed by atoms with van der Waals surface area (Å²) < 4.78 is 5.67. The zero-order chi connectivity index (χ0) is 16.1. The molecule has 0 fully saturated rings. The van der Waals surface area contributed by atoms with Crippen LogP contribution in [0.4, 0.5) is 0 Å². The smallest absolute Gasteiger partial charge is 0.171 e. The molecule has 0 spiro atoms. The molecule has 1 heterocycles. The summed E-state index contributed by atoms with van der Waals surface area (Å²) >= 11 is 5.96. The second-order valence-corrected chi connectivity index (χ2v) is 5.29. The van der Waals surface area contributed by atoms with Crippen LogP contribution in [0.3, 0.4) is 0 Å². The summed E-state index contributed by atoms with van der Waals surface area (Å²) in [6, 6.07) is 21.3. The van der Waals surface area contributed by atoms with Crippen LogP contribution >= 0.6 is 11.6 Å². The van der Waals surface area contributed by atoms with Crippen LogP contribution in [0.2, 0.25) is 5.15 Å². The zero-order valence-electron chi connectivity index (χ0n) is 12.2. The van der Waals surface area contributed by atoms with E-state index >= 15 is 0 Å². The molecule has 0 aliphatic heterocycles. The first-order valence-electron chi connectivity index (χ1n) is 7.09. The van der Waals surface area contributed by atoms with E-state index in [9.17, 15) is 5.26 Å². The van der Waals surface area contributed by atoms with Crippen molar-refractivity contribution in [3.05, 3.63) is 83.1 Å². The quantitative estimate of drug-likeness (QED) is 0.645. The van der Waals surface area contributed by atoms with Crippen LogP contribution in [0, 0.1) is 11.3 Å². The highest BCUT2D eigenvalue weighted by Crippen LogP contribution is 2.25. The summed E-state index contributed by atoms with van der Waals surface area (Å²) in [5.74, 6) is 0.563. The van der Waals surface area contributed by atoms with E-state index < -0.39 is 0 Å². The minimum Gasteiger partial charge on any atom is -0.486 e. The van der Waals surface area contributed by atoms with Crippen molar-refractivity contribution in [2.45, 2.75) is 6.61 Å². The summed E-state index contributed by atoms with van der Waals surface area (Å²) in [6.45, 7) is 0.408. The van der Waals surface area contributed by atoms with Crippen molar-refractivity contribution in [2.24, 2.45) is 0 Å². The molecule has 112 valence electrons. The Hall–Kier alpha value is -2.83. The summed E-state index contributed by atoms with van der Waals surface area (Å²) in [7, 11) is 0. The van der Waals surface area contributed by atoms with Crippen LogP contribution in [0.15, 0.2) is 66.9 Å². The lowest BCUT2D eigenvalue weighted by Crippen LogP contribution is -1.96. The Morgan fingerprint density at radius 2 is 1.78 bits per heavy atom. The molecule has 0 bridgehead atoms. The molecule has 0 radical (unpaired) electrons. The number of hydrogen-bond donors (Lipinski definition) is 0. The number of pyridine rings is 1. The third kappa shape index (κ3) is 3.50. The maximum atomic E-state index is 9.18. The molecule has 3 aromatic rings. The van der Waals surface area contributed by atoms with Gasteiger partial charge in [0, 0.05) is 6.20 Å². The van der Waals surface area contributed by atoms with Crippen molar-refractivity contribution in [2.75, 3.05) is 0 Å². The van der Waals surface area contributed by atoms with Crippen molar-refractivity contribution in [3.63, 3.8) is 0 Å². The first-order valence-corrected chi connectivity index (χ1v) is 7.47. The largest absolute Gasteiger partial charge is 0.486 e. The maximum Gasteiger partial charge on any atom is 0.171 e. The Labute approximate surface area is 139 Å². The van der Waals surface area contributed by atoms with Crippen LogP contribution in [0.5, 0.6) is 5.75 Å². The molecule has 3 rings (SSSR count). The Kier molecular flexibility index (Phi) is 4.56. The van der Waals surface area contributed by atoms with Gasteiger partial charge in [-0.15, -0.1) is 0 Å². The number of ether oxygens (including phenoxy) is 1. The molecule has 1 aromatic heterocycles. The van der Waals surface area contributed by atoms with Gasteiger partial charge in [-0.2, -0.15) is 5.26 Å². The van der Waals surface area contributed by atoms with E-state index in [0.29, 0.717) is 23.1 Å². The maximum absolute atomic E-state index is 9.18. The lowest BCUT2D eigenvalue weighted by Gasteiger charge is -2.08. The average Bonchev–Trinajstić information content (AvgIpc) is 2.61. The van der Waals surface area contributed by atoms with Gasteiger partial charge in [0.2, 0.25) is 0 Å². The Bertz CT molecular complexity index is 854. The molecular formula is C19H13ClN2O. The Morgan fingerprint density at radius 1 is 1.00 bits per heavy atom. The molecule has 0 aliphatic rings. The van der Waals surface area contributed by atoms with Crippen LogP contribution in [0.1, 0.15) is 11.1 Å². The fraction of sp³-hybridized carbons (Fsp3) is 0.0526. The Morgan fingerprint density at radius 3 is 2.52 bits per heavy atom. The van der Waals surface area contributed by atoms with Crippen molar-refractivity contribution < 1.29 is 4.74 Å². The molecule has 0 saturated carbocycles. The van der Waals surface area contributed by atoms with Crippen molar-refractivity contribution in [3.8, 4) is 22.9 Å². The number of hydrogen-bond acceptors (Lipinski definition) is 3. The molecule has 0 atom stereocenters. The van der Waals surface area contributed by atoms with Gasteiger partial charge in [0.05, 0.1) is 11.6 Å². The first-order chi connectivity index (χ1) is 11.3. The summed E-state index contributed by atoms with van der Waals surface area (Å²) in [6.07, 6.45) is 1.62. The Balaban J connectivity index is 1.75. The van der Waals surface area contributed by atoms with Gasteiger partial charge in [-0.25, -0.2) is 4.98 Å². The third-order valence-corrected chi connectivity index (χ3v) is 3.72. The van der Waals surface area contributed by atoms with Crippen LogP contribution in [0.25, 0.3) is 11.1 Å². The van der Waals surface area contributed by atoms with Crippen molar-refractivity contribution >= 4 is 11.6 Å². The molecule has 23 heavy (non-hydrogen) atoms. The summed E-state index contributed by atoms with van der Waals surface area (Å²) in [5, 5.41) is 9.54. The van der Waals surface area contributed by atoms with Gasteiger partial charge in [-0.1, -0.05) is 54.1 Å². The van der Waals surface area contributed by atoms with Crippen molar-refractivity contribution in [1.29, 1.82) is 5.26 Å². The van der Waals surface area contributed by atoms with Crippen molar-refractivity contribution in [1.82, 2.24) is 4.98 Å². The summed E-state index contributed by atoms with van der Waals surface area (Å²) in [5.41, 5.74) is 3.62. The second kappa shape index (κ2) is 6.95. The van der Waals surface area contributed by atoms with E-state index in [0.717, 1.165) is 16.7 Å². The molecule has 0 saturated heterocycles. The molecule has 4 heteroatoms. The predicted octanol–water partition coefficient (Wildman–Crippen LogP) is 4.85. The molecule has 0 N–H and O–H groups in total. The highest BCUT2D eigenvalue weighted by molar-refractivity contribution is 6.30. The number of halogens is 1. The van der Waals surface area contributed by atoms with E-state index in [1.54, 1.807) is 18.3 Å². The fourth-order valence-corrected chi connectivity index (χ4v) is 2.43. The molecule has 2 aromatic carbocycles. The van der Waals surface area contributed by atoms with Crippen LogP contribution in [-0.2, 0) is 6.61 Å². The predicted molar refractivity (Wildman–Crippen MR) is 90.2 cm³/mol. The highest BCUT2D eigenvalue weighted by Gasteiger charge is 2.05. The number of rotatable bonds is 4. The van der Waals surface area contributed by atoms with Gasteiger partial charge < -0.3 is 4.74 Å². The van der Waals surface area contributed by atoms with E-state index in [4.69, 9.17) is 16.3 Å². The third-order valence-electron chi connectivity index (χ3n) is 3.43. The lowest BCUT2D eigenvalue weighted by atomic mass is 9.99. The molecule has 0 amide bonds. The second-order valence-electron chi connectivity index (χ2n) is 4.94. The monoisotopic (exact) mass is 320 g/mol. The van der Waals surface area contributed by atoms with Crippen LogP contribution < -0.4 is 4.74 Å². The minimum atomic E-state index is 0.354. The van der Waals surface area contributed by atoms with Gasteiger partial charge in [0.15, 0.2) is 10.9 Å².